The minimum absolute atomic E-state index is 0.0703. The summed E-state index contributed by atoms with van der Waals surface area (Å²) in [6.07, 6.45) is 2.26. The van der Waals surface area contributed by atoms with Crippen LogP contribution in [0.5, 0.6) is 0 Å². The van der Waals surface area contributed by atoms with Gasteiger partial charge in [-0.1, -0.05) is 44.2 Å². The number of aliphatic hydroxyl groups is 1. The van der Waals surface area contributed by atoms with Crippen molar-refractivity contribution in [3.8, 4) is 0 Å². The molecule has 0 aliphatic heterocycles. The first-order valence-electron chi connectivity index (χ1n) is 8.72. The molecular formula is C20H26N2O3. The molecule has 25 heavy (non-hydrogen) atoms. The van der Waals surface area contributed by atoms with Crippen LogP contribution >= 0.6 is 0 Å². The number of rotatable bonds is 7. The second-order valence-electron chi connectivity index (χ2n) is 6.38. The molecule has 0 saturated heterocycles. The molecule has 0 saturated carbocycles. The van der Waals surface area contributed by atoms with Crippen LogP contribution in [0, 0.1) is 5.41 Å². The number of hydrogen-bond donors (Lipinski definition) is 3. The number of fused-ring (bicyclic) bond motifs is 1. The van der Waals surface area contributed by atoms with Crippen molar-refractivity contribution >= 4 is 28.3 Å². The van der Waals surface area contributed by atoms with Crippen LogP contribution in [0.15, 0.2) is 42.5 Å². The minimum atomic E-state index is -0.680. The third kappa shape index (κ3) is 4.79. The highest BCUT2D eigenvalue weighted by molar-refractivity contribution is 6.39. The highest BCUT2D eigenvalue weighted by Crippen LogP contribution is 2.29. The predicted octanol–water partition coefficient (Wildman–Crippen LogP) is 3.08. The fourth-order valence-corrected chi connectivity index (χ4v) is 2.98. The molecule has 0 aliphatic rings. The van der Waals surface area contributed by atoms with E-state index in [1.165, 1.54) is 0 Å². The predicted molar refractivity (Wildman–Crippen MR) is 100 cm³/mol. The Morgan fingerprint density at radius 1 is 1.00 bits per heavy atom. The van der Waals surface area contributed by atoms with Crippen LogP contribution in [0.4, 0.5) is 5.69 Å². The molecule has 0 aromatic heterocycles. The number of anilines is 1. The monoisotopic (exact) mass is 342 g/mol. The number of carbonyl (C=O) groups is 2. The summed E-state index contributed by atoms with van der Waals surface area (Å²) in [6, 6.07) is 13.4. The lowest BCUT2D eigenvalue weighted by Gasteiger charge is -2.31. The van der Waals surface area contributed by atoms with Gasteiger partial charge in [-0.3, -0.25) is 9.59 Å². The lowest BCUT2D eigenvalue weighted by Crippen LogP contribution is -2.42. The highest BCUT2D eigenvalue weighted by Gasteiger charge is 2.27. The lowest BCUT2D eigenvalue weighted by atomic mass is 9.79. The molecule has 0 radical (unpaired) electrons. The Morgan fingerprint density at radius 2 is 1.68 bits per heavy atom. The molecule has 0 fully saturated rings. The second-order valence-corrected chi connectivity index (χ2v) is 6.38. The first-order chi connectivity index (χ1) is 12.0. The van der Waals surface area contributed by atoms with Crippen molar-refractivity contribution in [1.82, 2.24) is 5.32 Å². The van der Waals surface area contributed by atoms with Gasteiger partial charge in [0.05, 0.1) is 0 Å². The molecule has 2 amide bonds. The van der Waals surface area contributed by atoms with Gasteiger partial charge in [0.1, 0.15) is 0 Å². The third-order valence-corrected chi connectivity index (χ3v) is 4.98. The second kappa shape index (κ2) is 8.62. The molecule has 5 nitrogen and oxygen atoms in total. The van der Waals surface area contributed by atoms with E-state index in [1.54, 1.807) is 6.07 Å². The Bertz CT molecular complexity index is 739. The molecule has 0 atom stereocenters. The fraction of sp³-hybridized carbons (Fsp3) is 0.400. The van der Waals surface area contributed by atoms with Crippen LogP contribution in [0.1, 0.15) is 33.1 Å². The molecule has 3 N–H and O–H groups in total. The summed E-state index contributed by atoms with van der Waals surface area (Å²) in [7, 11) is 0. The summed E-state index contributed by atoms with van der Waals surface area (Å²) in [4.78, 5) is 24.2. The summed E-state index contributed by atoms with van der Waals surface area (Å²) < 4.78 is 0. The van der Waals surface area contributed by atoms with Gasteiger partial charge in [0.25, 0.3) is 0 Å². The SMILES string of the molecule is CCC(CC)(CCO)CNC(=O)C(=O)Nc1ccc2ccccc2c1. The molecule has 5 heteroatoms. The molecule has 0 spiro atoms. The molecule has 134 valence electrons. The molecule has 2 aromatic rings. The number of amides is 2. The Balaban J connectivity index is 1.98. The van der Waals surface area contributed by atoms with Crippen molar-refractivity contribution in [1.29, 1.82) is 0 Å². The first kappa shape index (κ1) is 18.9. The average molecular weight is 342 g/mol. The van der Waals surface area contributed by atoms with Crippen molar-refractivity contribution in [2.24, 2.45) is 5.41 Å². The van der Waals surface area contributed by atoms with Crippen LogP contribution in [0.3, 0.4) is 0 Å². The molecule has 0 heterocycles. The van der Waals surface area contributed by atoms with Crippen LogP contribution in [0.25, 0.3) is 10.8 Å². The lowest BCUT2D eigenvalue weighted by molar-refractivity contribution is -0.136. The van der Waals surface area contributed by atoms with Gasteiger partial charge in [-0.25, -0.2) is 0 Å². The quantitative estimate of drug-likeness (QED) is 0.677. The van der Waals surface area contributed by atoms with Gasteiger partial charge in [0.15, 0.2) is 0 Å². The molecule has 0 bridgehead atoms. The average Bonchev–Trinajstić information content (AvgIpc) is 2.64. The third-order valence-electron chi connectivity index (χ3n) is 4.98. The summed E-state index contributed by atoms with van der Waals surface area (Å²) >= 11 is 0. The van der Waals surface area contributed by atoms with Gasteiger partial charge in [0, 0.05) is 18.8 Å². The summed E-state index contributed by atoms with van der Waals surface area (Å²) in [6.45, 7) is 4.51. The molecule has 0 aliphatic carbocycles. The van der Waals surface area contributed by atoms with Gasteiger partial charge in [-0.15, -0.1) is 0 Å². The Kier molecular flexibility index (Phi) is 6.53. The maximum Gasteiger partial charge on any atom is 0.313 e. The van der Waals surface area contributed by atoms with E-state index >= 15 is 0 Å². The van der Waals surface area contributed by atoms with E-state index in [9.17, 15) is 14.7 Å². The van der Waals surface area contributed by atoms with Crippen LogP contribution < -0.4 is 10.6 Å². The van der Waals surface area contributed by atoms with Crippen LogP contribution in [0.2, 0.25) is 0 Å². The van der Waals surface area contributed by atoms with Crippen LogP contribution in [-0.2, 0) is 9.59 Å². The van der Waals surface area contributed by atoms with E-state index in [-0.39, 0.29) is 12.0 Å². The highest BCUT2D eigenvalue weighted by atomic mass is 16.3. The van der Waals surface area contributed by atoms with Crippen molar-refractivity contribution in [3.05, 3.63) is 42.5 Å². The van der Waals surface area contributed by atoms with Gasteiger partial charge in [-0.05, 0) is 47.6 Å². The molecular weight excluding hydrogens is 316 g/mol. The van der Waals surface area contributed by atoms with E-state index in [4.69, 9.17) is 0 Å². The van der Waals surface area contributed by atoms with E-state index in [0.717, 1.165) is 23.6 Å². The largest absolute Gasteiger partial charge is 0.396 e. The van der Waals surface area contributed by atoms with E-state index in [2.05, 4.69) is 10.6 Å². The fourth-order valence-electron chi connectivity index (χ4n) is 2.98. The topological polar surface area (TPSA) is 78.4 Å². The smallest absolute Gasteiger partial charge is 0.313 e. The Hall–Kier alpha value is -2.40. The van der Waals surface area contributed by atoms with Gasteiger partial charge >= 0.3 is 11.8 Å². The minimum Gasteiger partial charge on any atom is -0.396 e. The number of carbonyl (C=O) groups excluding carboxylic acids is 2. The summed E-state index contributed by atoms with van der Waals surface area (Å²) in [5, 5.41) is 16.6. The number of aliphatic hydroxyl groups excluding tert-OH is 1. The zero-order chi connectivity index (χ0) is 18.3. The summed E-state index contributed by atoms with van der Waals surface area (Å²) in [5.41, 5.74) is 0.416. The zero-order valence-electron chi connectivity index (χ0n) is 14.8. The van der Waals surface area contributed by atoms with Gasteiger partial charge in [0.2, 0.25) is 0 Å². The van der Waals surface area contributed by atoms with E-state index in [0.29, 0.717) is 18.7 Å². The molecule has 2 aromatic carbocycles. The number of benzene rings is 2. The standard InChI is InChI=1S/C20H26N2O3/c1-3-20(4-2,11-12-23)14-21-18(24)19(25)22-17-10-9-15-7-5-6-8-16(15)13-17/h5-10,13,23H,3-4,11-12,14H2,1-2H3,(H,21,24)(H,22,25). The first-order valence-corrected chi connectivity index (χ1v) is 8.72. The van der Waals surface area contributed by atoms with E-state index in [1.807, 2.05) is 50.2 Å². The number of nitrogens with one attached hydrogen (secondary N) is 2. The molecule has 0 unspecified atom stereocenters. The van der Waals surface area contributed by atoms with Crippen molar-refractivity contribution in [2.75, 3.05) is 18.5 Å². The molecule has 2 rings (SSSR count). The van der Waals surface area contributed by atoms with Crippen LogP contribution in [-0.4, -0.2) is 30.1 Å². The Morgan fingerprint density at radius 3 is 2.32 bits per heavy atom. The summed E-state index contributed by atoms with van der Waals surface area (Å²) in [5.74, 6) is -1.34. The maximum atomic E-state index is 12.1. The maximum absolute atomic E-state index is 12.1. The van der Waals surface area contributed by atoms with Crippen molar-refractivity contribution < 1.29 is 14.7 Å². The number of hydrogen-bond acceptors (Lipinski definition) is 3. The zero-order valence-corrected chi connectivity index (χ0v) is 14.8. The van der Waals surface area contributed by atoms with E-state index < -0.39 is 11.8 Å². The Labute approximate surface area is 148 Å². The van der Waals surface area contributed by atoms with Gasteiger partial charge in [-0.2, -0.15) is 0 Å². The van der Waals surface area contributed by atoms with Crippen molar-refractivity contribution in [3.63, 3.8) is 0 Å². The van der Waals surface area contributed by atoms with Gasteiger partial charge < -0.3 is 15.7 Å². The van der Waals surface area contributed by atoms with Crippen molar-refractivity contribution in [2.45, 2.75) is 33.1 Å². The normalized spacial score (nSPS) is 11.3.